The van der Waals surface area contributed by atoms with Crippen molar-refractivity contribution in [2.24, 2.45) is 0 Å². The van der Waals surface area contributed by atoms with Gasteiger partial charge in [-0.1, -0.05) is 38.1 Å². The molecule has 0 spiro atoms. The summed E-state index contributed by atoms with van der Waals surface area (Å²) in [6, 6.07) is 7.93. The van der Waals surface area contributed by atoms with Gasteiger partial charge >= 0.3 is 6.18 Å². The molecule has 0 fully saturated rings. The van der Waals surface area contributed by atoms with Gasteiger partial charge in [-0.05, 0) is 17.5 Å². The van der Waals surface area contributed by atoms with Crippen molar-refractivity contribution in [1.29, 1.82) is 0 Å². The third kappa shape index (κ3) is 3.71. The van der Waals surface area contributed by atoms with Crippen LogP contribution in [0.5, 0.6) is 0 Å². The van der Waals surface area contributed by atoms with E-state index in [-0.39, 0.29) is 12.3 Å². The number of carbonyl (C=O) groups is 1. The van der Waals surface area contributed by atoms with Gasteiger partial charge < -0.3 is 0 Å². The number of halogens is 3. The largest absolute Gasteiger partial charge is 0.435 e. The molecule has 0 radical (unpaired) electrons. The van der Waals surface area contributed by atoms with Crippen LogP contribution in [0.25, 0.3) is 0 Å². The predicted molar refractivity (Wildman–Crippen MR) is 72.1 cm³/mol. The summed E-state index contributed by atoms with van der Waals surface area (Å²) in [5, 5.41) is 3.36. The molecule has 0 unspecified atom stereocenters. The highest BCUT2D eigenvalue weighted by Gasteiger charge is 2.33. The second-order valence-corrected chi connectivity index (χ2v) is 5.10. The summed E-state index contributed by atoms with van der Waals surface area (Å²) in [6.07, 6.45) is -3.34. The number of aromatic nitrogens is 2. The van der Waals surface area contributed by atoms with Crippen molar-refractivity contribution >= 4 is 5.78 Å². The fraction of sp³-hybridized carbons (Fsp3) is 0.333. The number of rotatable bonds is 4. The maximum atomic E-state index is 12.4. The summed E-state index contributed by atoms with van der Waals surface area (Å²) >= 11 is 0. The molecule has 0 saturated heterocycles. The molecular weight excluding hydrogens is 281 g/mol. The van der Waals surface area contributed by atoms with E-state index < -0.39 is 11.9 Å². The van der Waals surface area contributed by atoms with Gasteiger partial charge in [0.15, 0.2) is 11.5 Å². The lowest BCUT2D eigenvalue weighted by atomic mass is 10.0. The summed E-state index contributed by atoms with van der Waals surface area (Å²) in [6.45, 7) is 3.87. The molecule has 0 N–H and O–H groups in total. The van der Waals surface area contributed by atoms with Gasteiger partial charge in [-0.2, -0.15) is 18.3 Å². The van der Waals surface area contributed by atoms with Crippen LogP contribution in [0.2, 0.25) is 0 Å². The summed E-state index contributed by atoms with van der Waals surface area (Å²) in [5.74, 6) is 0.0803. The average Bonchev–Trinajstić information content (AvgIpc) is 2.87. The summed E-state index contributed by atoms with van der Waals surface area (Å²) in [7, 11) is 0. The minimum Gasteiger partial charge on any atom is -0.292 e. The van der Waals surface area contributed by atoms with E-state index in [1.54, 1.807) is 12.1 Å². The highest BCUT2D eigenvalue weighted by molar-refractivity contribution is 5.95. The molecule has 6 heteroatoms. The molecule has 0 amide bonds. The third-order valence-corrected chi connectivity index (χ3v) is 3.14. The normalized spacial score (nSPS) is 11.9. The zero-order chi connectivity index (χ0) is 15.6. The minimum absolute atomic E-state index is 0.211. The number of hydrogen-bond acceptors (Lipinski definition) is 2. The van der Waals surface area contributed by atoms with Crippen LogP contribution in [0.3, 0.4) is 0 Å². The summed E-state index contributed by atoms with van der Waals surface area (Å²) < 4.78 is 38.3. The molecule has 0 aliphatic rings. The molecule has 1 heterocycles. The Balaban J connectivity index is 2.09. The van der Waals surface area contributed by atoms with E-state index in [0.717, 1.165) is 22.5 Å². The molecule has 0 aliphatic carbocycles. The number of hydrogen-bond donors (Lipinski definition) is 0. The number of benzene rings is 1. The molecule has 112 valence electrons. The van der Waals surface area contributed by atoms with Crippen LogP contribution in [0.1, 0.15) is 41.4 Å². The van der Waals surface area contributed by atoms with Crippen molar-refractivity contribution in [1.82, 2.24) is 9.78 Å². The van der Waals surface area contributed by atoms with Crippen molar-refractivity contribution in [2.75, 3.05) is 0 Å². The Morgan fingerprint density at radius 1 is 1.19 bits per heavy atom. The topological polar surface area (TPSA) is 34.9 Å². The molecule has 21 heavy (non-hydrogen) atoms. The van der Waals surface area contributed by atoms with Gasteiger partial charge in [0.25, 0.3) is 0 Å². The number of carbonyl (C=O) groups excluding carboxylic acids is 1. The molecule has 2 rings (SSSR count). The first-order chi connectivity index (χ1) is 9.77. The highest BCUT2D eigenvalue weighted by Crippen LogP contribution is 2.27. The Morgan fingerprint density at radius 3 is 2.29 bits per heavy atom. The van der Waals surface area contributed by atoms with Crippen LogP contribution in [-0.2, 0) is 12.7 Å². The maximum absolute atomic E-state index is 12.4. The van der Waals surface area contributed by atoms with Crippen molar-refractivity contribution in [3.05, 3.63) is 53.3 Å². The quantitative estimate of drug-likeness (QED) is 0.802. The first-order valence-electron chi connectivity index (χ1n) is 6.51. The van der Waals surface area contributed by atoms with Gasteiger partial charge in [0.1, 0.15) is 6.54 Å². The zero-order valence-corrected chi connectivity index (χ0v) is 11.7. The Hall–Kier alpha value is -2.11. The number of alkyl halides is 3. The molecule has 2 aromatic rings. The van der Waals surface area contributed by atoms with Gasteiger partial charge in [0, 0.05) is 11.8 Å². The van der Waals surface area contributed by atoms with Gasteiger partial charge in [-0.15, -0.1) is 0 Å². The molecule has 0 saturated carbocycles. The van der Waals surface area contributed by atoms with E-state index in [1.807, 2.05) is 26.0 Å². The number of Topliss-reactive ketones (excluding diaryl/α,β-unsaturated/α-hetero) is 1. The Morgan fingerprint density at radius 2 is 1.81 bits per heavy atom. The Kier molecular flexibility index (Phi) is 4.16. The van der Waals surface area contributed by atoms with Crippen molar-refractivity contribution in [3.63, 3.8) is 0 Å². The average molecular weight is 296 g/mol. The highest BCUT2D eigenvalue weighted by atomic mass is 19.4. The summed E-state index contributed by atoms with van der Waals surface area (Å²) in [5.41, 5.74) is 0.568. The third-order valence-electron chi connectivity index (χ3n) is 3.14. The number of ketones is 1. The molecule has 0 atom stereocenters. The zero-order valence-electron chi connectivity index (χ0n) is 11.7. The van der Waals surface area contributed by atoms with E-state index in [9.17, 15) is 18.0 Å². The Labute approximate surface area is 120 Å². The molecule has 3 nitrogen and oxygen atoms in total. The second-order valence-electron chi connectivity index (χ2n) is 5.10. The van der Waals surface area contributed by atoms with Gasteiger partial charge in [-0.25, -0.2) is 0 Å². The SMILES string of the molecule is CC(C)c1ccc(C(=O)Cn2ccc(C(F)(F)F)n2)cc1. The fourth-order valence-electron chi connectivity index (χ4n) is 1.89. The molecular formula is C15H15F3N2O. The molecule has 0 aliphatic heterocycles. The van der Waals surface area contributed by atoms with Crippen LogP contribution < -0.4 is 0 Å². The van der Waals surface area contributed by atoms with Crippen LogP contribution >= 0.6 is 0 Å². The lowest BCUT2D eigenvalue weighted by Gasteiger charge is -2.07. The van der Waals surface area contributed by atoms with Gasteiger partial charge in [0.2, 0.25) is 0 Å². The van der Waals surface area contributed by atoms with Crippen molar-refractivity contribution in [2.45, 2.75) is 32.5 Å². The van der Waals surface area contributed by atoms with Crippen LogP contribution in [0.4, 0.5) is 13.2 Å². The van der Waals surface area contributed by atoms with E-state index >= 15 is 0 Å². The van der Waals surface area contributed by atoms with Crippen LogP contribution in [0.15, 0.2) is 36.5 Å². The molecule has 1 aromatic heterocycles. The standard InChI is InChI=1S/C15H15F3N2O/c1-10(2)11-3-5-12(6-4-11)13(21)9-20-8-7-14(19-20)15(16,17)18/h3-8,10H,9H2,1-2H3. The predicted octanol–water partition coefficient (Wildman–Crippen LogP) is 3.91. The maximum Gasteiger partial charge on any atom is 0.435 e. The number of nitrogens with zero attached hydrogens (tertiary/aromatic N) is 2. The first-order valence-corrected chi connectivity index (χ1v) is 6.51. The van der Waals surface area contributed by atoms with Crippen LogP contribution in [-0.4, -0.2) is 15.6 Å². The molecule has 0 bridgehead atoms. The lowest BCUT2D eigenvalue weighted by molar-refractivity contribution is -0.141. The minimum atomic E-state index is -4.49. The van der Waals surface area contributed by atoms with E-state index in [0.29, 0.717) is 11.5 Å². The van der Waals surface area contributed by atoms with E-state index in [2.05, 4.69) is 5.10 Å². The van der Waals surface area contributed by atoms with Crippen molar-refractivity contribution < 1.29 is 18.0 Å². The Bertz CT molecular complexity index is 627. The lowest BCUT2D eigenvalue weighted by Crippen LogP contribution is -2.13. The van der Waals surface area contributed by atoms with Crippen molar-refractivity contribution in [3.8, 4) is 0 Å². The summed E-state index contributed by atoms with van der Waals surface area (Å²) in [4.78, 5) is 12.0. The second kappa shape index (κ2) is 5.71. The monoisotopic (exact) mass is 296 g/mol. The molecule has 1 aromatic carbocycles. The van der Waals surface area contributed by atoms with E-state index in [4.69, 9.17) is 0 Å². The van der Waals surface area contributed by atoms with Gasteiger partial charge in [0.05, 0.1) is 0 Å². The fourth-order valence-corrected chi connectivity index (χ4v) is 1.89. The van der Waals surface area contributed by atoms with Crippen LogP contribution in [0, 0.1) is 0 Å². The van der Waals surface area contributed by atoms with Gasteiger partial charge in [-0.3, -0.25) is 9.48 Å². The first kappa shape index (κ1) is 15.3. The van der Waals surface area contributed by atoms with E-state index in [1.165, 1.54) is 0 Å². The smallest absolute Gasteiger partial charge is 0.292 e.